The number of nitrogens with zero attached hydrogens (tertiary/aromatic N) is 2. The number of carbonyl (C=O) groups is 1. The summed E-state index contributed by atoms with van der Waals surface area (Å²) in [5, 5.41) is 21.1. The molecule has 0 aromatic carbocycles. The van der Waals surface area contributed by atoms with Crippen LogP contribution in [0.25, 0.3) is 0 Å². The molecule has 19 heavy (non-hydrogen) atoms. The fourth-order valence-electron chi connectivity index (χ4n) is 1.87. The zero-order chi connectivity index (χ0) is 14.6. The molecule has 1 aromatic rings. The van der Waals surface area contributed by atoms with Crippen LogP contribution in [0, 0.1) is 25.2 Å². The van der Waals surface area contributed by atoms with E-state index in [1.807, 2.05) is 33.8 Å². The van der Waals surface area contributed by atoms with Gasteiger partial charge in [0.15, 0.2) is 0 Å². The summed E-state index contributed by atoms with van der Waals surface area (Å²) in [5.41, 5.74) is 1.77. The molecule has 0 amide bonds. The number of carboxylic acids is 1. The molecule has 0 fully saturated rings. The molecular weight excluding hydrogens is 242 g/mol. The van der Waals surface area contributed by atoms with Crippen molar-refractivity contribution < 1.29 is 9.90 Å². The Hall–Kier alpha value is -2.09. The highest BCUT2D eigenvalue weighted by Gasteiger charge is 2.21. The molecule has 1 rings (SSSR count). The van der Waals surface area contributed by atoms with Gasteiger partial charge < -0.3 is 10.4 Å². The highest BCUT2D eigenvalue weighted by Crippen LogP contribution is 2.23. The second-order valence-electron chi connectivity index (χ2n) is 5.32. The average molecular weight is 261 g/mol. The van der Waals surface area contributed by atoms with E-state index in [0.29, 0.717) is 17.8 Å². The Kier molecular flexibility index (Phi) is 4.49. The maximum absolute atomic E-state index is 10.6. The highest BCUT2D eigenvalue weighted by atomic mass is 16.4. The van der Waals surface area contributed by atoms with Crippen LogP contribution in [0.5, 0.6) is 0 Å². The van der Waals surface area contributed by atoms with Crippen LogP contribution in [0.3, 0.4) is 0 Å². The third kappa shape index (κ3) is 4.25. The number of rotatable bonds is 5. The van der Waals surface area contributed by atoms with Crippen molar-refractivity contribution in [3.05, 3.63) is 22.9 Å². The largest absolute Gasteiger partial charge is 0.481 e. The van der Waals surface area contributed by atoms with Gasteiger partial charge in [-0.1, -0.05) is 0 Å². The minimum atomic E-state index is -0.830. The molecule has 0 spiro atoms. The molecular formula is C14H19N3O2. The lowest BCUT2D eigenvalue weighted by atomic mass is 9.97. The number of aromatic nitrogens is 1. The smallest absolute Gasteiger partial charge is 0.303 e. The molecule has 1 aromatic heterocycles. The molecule has 0 aliphatic heterocycles. The molecule has 5 nitrogen and oxygen atoms in total. The van der Waals surface area contributed by atoms with Gasteiger partial charge in [0.05, 0.1) is 5.56 Å². The third-order valence-electron chi connectivity index (χ3n) is 2.88. The van der Waals surface area contributed by atoms with Gasteiger partial charge in [-0.2, -0.15) is 5.26 Å². The quantitative estimate of drug-likeness (QED) is 0.850. The lowest BCUT2D eigenvalue weighted by molar-refractivity contribution is -0.137. The summed E-state index contributed by atoms with van der Waals surface area (Å²) in [5.74, 6) is -0.306. The van der Waals surface area contributed by atoms with E-state index in [0.717, 1.165) is 11.3 Å². The van der Waals surface area contributed by atoms with Crippen LogP contribution < -0.4 is 5.32 Å². The van der Waals surface area contributed by atoms with Gasteiger partial charge in [-0.05, 0) is 45.7 Å². The van der Waals surface area contributed by atoms with Crippen LogP contribution in [-0.4, -0.2) is 21.6 Å². The van der Waals surface area contributed by atoms with Gasteiger partial charge in [-0.3, -0.25) is 4.79 Å². The fourth-order valence-corrected chi connectivity index (χ4v) is 1.87. The summed E-state index contributed by atoms with van der Waals surface area (Å²) in [4.78, 5) is 15.0. The van der Waals surface area contributed by atoms with Crippen molar-refractivity contribution in [1.82, 2.24) is 4.98 Å². The summed E-state index contributed by atoms with van der Waals surface area (Å²) in [6.07, 6.45) is 0.536. The number of pyridine rings is 1. The van der Waals surface area contributed by atoms with E-state index in [2.05, 4.69) is 16.4 Å². The first kappa shape index (κ1) is 15.0. The predicted molar refractivity (Wildman–Crippen MR) is 73.0 cm³/mol. The van der Waals surface area contributed by atoms with Gasteiger partial charge in [0.2, 0.25) is 0 Å². The molecule has 0 unspecified atom stereocenters. The summed E-state index contributed by atoms with van der Waals surface area (Å²) >= 11 is 0. The molecule has 0 radical (unpaired) electrons. The van der Waals surface area contributed by atoms with Crippen molar-refractivity contribution in [2.45, 2.75) is 46.1 Å². The highest BCUT2D eigenvalue weighted by molar-refractivity contribution is 5.67. The Morgan fingerprint density at radius 1 is 1.53 bits per heavy atom. The zero-order valence-electron chi connectivity index (χ0n) is 11.7. The number of nitrogens with one attached hydrogen (secondary N) is 1. The first-order chi connectivity index (χ1) is 8.75. The molecule has 0 atom stereocenters. The zero-order valence-corrected chi connectivity index (χ0v) is 11.7. The van der Waals surface area contributed by atoms with Crippen molar-refractivity contribution in [1.29, 1.82) is 5.26 Å². The van der Waals surface area contributed by atoms with Crippen molar-refractivity contribution in [2.75, 3.05) is 5.32 Å². The molecule has 0 aliphatic carbocycles. The van der Waals surface area contributed by atoms with Gasteiger partial charge in [-0.25, -0.2) is 4.98 Å². The summed E-state index contributed by atoms with van der Waals surface area (Å²) < 4.78 is 0. The van der Waals surface area contributed by atoms with Crippen LogP contribution in [0.1, 0.15) is 43.5 Å². The monoisotopic (exact) mass is 261 g/mol. The van der Waals surface area contributed by atoms with Gasteiger partial charge in [0.25, 0.3) is 0 Å². The van der Waals surface area contributed by atoms with Gasteiger partial charge in [-0.15, -0.1) is 0 Å². The maximum atomic E-state index is 10.6. The Labute approximate surface area is 113 Å². The van der Waals surface area contributed by atoms with Crippen LogP contribution in [-0.2, 0) is 4.79 Å². The van der Waals surface area contributed by atoms with Gasteiger partial charge >= 0.3 is 5.97 Å². The first-order valence-corrected chi connectivity index (χ1v) is 6.13. The van der Waals surface area contributed by atoms with Crippen molar-refractivity contribution in [2.24, 2.45) is 0 Å². The molecule has 0 aliphatic rings. The van der Waals surface area contributed by atoms with E-state index in [4.69, 9.17) is 5.11 Å². The number of hydrogen-bond acceptors (Lipinski definition) is 4. The molecule has 5 heteroatoms. The Morgan fingerprint density at radius 3 is 2.68 bits per heavy atom. The van der Waals surface area contributed by atoms with Gasteiger partial charge in [0.1, 0.15) is 11.9 Å². The van der Waals surface area contributed by atoms with E-state index < -0.39 is 11.5 Å². The Bertz CT molecular complexity index is 530. The van der Waals surface area contributed by atoms with Crippen LogP contribution in [0.2, 0.25) is 0 Å². The van der Waals surface area contributed by atoms with E-state index >= 15 is 0 Å². The number of carboxylic acid groups (broad SMARTS) is 1. The third-order valence-corrected chi connectivity index (χ3v) is 2.88. The lowest BCUT2D eigenvalue weighted by Gasteiger charge is -2.27. The fraction of sp³-hybridized carbons (Fsp3) is 0.500. The van der Waals surface area contributed by atoms with Crippen molar-refractivity contribution >= 4 is 11.8 Å². The Morgan fingerprint density at radius 2 is 2.16 bits per heavy atom. The van der Waals surface area contributed by atoms with E-state index in [-0.39, 0.29) is 6.42 Å². The molecule has 0 bridgehead atoms. The topological polar surface area (TPSA) is 86.0 Å². The molecule has 102 valence electrons. The summed E-state index contributed by atoms with van der Waals surface area (Å²) in [6.45, 7) is 7.53. The lowest BCUT2D eigenvalue weighted by Crippen LogP contribution is -2.32. The summed E-state index contributed by atoms with van der Waals surface area (Å²) in [7, 11) is 0. The number of nitriles is 1. The minimum absolute atomic E-state index is 0.0761. The standard InChI is InChI=1S/C14H19N3O2/c1-9-7-10(2)16-13(11(9)8-15)17-14(3,4)6-5-12(18)19/h7H,5-6H2,1-4H3,(H,16,17)(H,18,19). The average Bonchev–Trinajstić information content (AvgIpc) is 2.25. The first-order valence-electron chi connectivity index (χ1n) is 6.13. The second kappa shape index (κ2) is 5.70. The number of anilines is 1. The van der Waals surface area contributed by atoms with Crippen molar-refractivity contribution in [3.63, 3.8) is 0 Å². The molecule has 0 saturated heterocycles. The van der Waals surface area contributed by atoms with Crippen LogP contribution in [0.15, 0.2) is 6.07 Å². The second-order valence-corrected chi connectivity index (χ2v) is 5.32. The van der Waals surface area contributed by atoms with E-state index in [9.17, 15) is 10.1 Å². The number of aryl methyl sites for hydroxylation is 2. The molecule has 0 saturated carbocycles. The van der Waals surface area contributed by atoms with E-state index in [1.165, 1.54) is 0 Å². The minimum Gasteiger partial charge on any atom is -0.481 e. The number of aliphatic carboxylic acids is 1. The molecule has 2 N–H and O–H groups in total. The normalized spacial score (nSPS) is 10.9. The van der Waals surface area contributed by atoms with Crippen molar-refractivity contribution in [3.8, 4) is 6.07 Å². The van der Waals surface area contributed by atoms with Crippen LogP contribution in [0.4, 0.5) is 5.82 Å². The van der Waals surface area contributed by atoms with E-state index in [1.54, 1.807) is 0 Å². The SMILES string of the molecule is Cc1cc(C)c(C#N)c(NC(C)(C)CCC(=O)O)n1. The Balaban J connectivity index is 2.98. The van der Waals surface area contributed by atoms with Crippen LogP contribution >= 0.6 is 0 Å². The summed E-state index contributed by atoms with van der Waals surface area (Å²) in [6, 6.07) is 3.99. The molecule has 1 heterocycles. The maximum Gasteiger partial charge on any atom is 0.303 e. The number of hydrogen-bond donors (Lipinski definition) is 2. The van der Waals surface area contributed by atoms with Gasteiger partial charge in [0, 0.05) is 17.7 Å². The predicted octanol–water partition coefficient (Wildman–Crippen LogP) is 2.63.